The fraction of sp³-hybridized carbons (Fsp3) is 0.950. The van der Waals surface area contributed by atoms with Gasteiger partial charge in [-0.3, -0.25) is 4.79 Å². The van der Waals surface area contributed by atoms with Crippen molar-refractivity contribution in [2.45, 2.75) is 110 Å². The molecule has 24 heavy (non-hydrogen) atoms. The monoisotopic (exact) mass is 368 g/mol. The molecule has 0 atom stereocenters. The SMILES string of the molecule is CCCCCCCCCCCCCCCCCCOC(=O)CS.[NaH]. The first kappa shape index (κ1) is 27.0. The molecule has 4 heteroatoms. The maximum absolute atomic E-state index is 10.9. The fourth-order valence-corrected chi connectivity index (χ4v) is 2.97. The van der Waals surface area contributed by atoms with Crippen LogP contribution in [-0.2, 0) is 9.53 Å². The number of esters is 1. The van der Waals surface area contributed by atoms with Crippen molar-refractivity contribution in [3.8, 4) is 0 Å². The van der Waals surface area contributed by atoms with Gasteiger partial charge < -0.3 is 4.74 Å². The number of unbranched alkanes of at least 4 members (excludes halogenated alkanes) is 15. The Morgan fingerprint density at radius 3 is 1.33 bits per heavy atom. The van der Waals surface area contributed by atoms with Crippen LogP contribution in [0.5, 0.6) is 0 Å². The molecule has 0 aromatic carbocycles. The molecule has 0 aliphatic carbocycles. The molecule has 0 aromatic heterocycles. The fourth-order valence-electron chi connectivity index (χ4n) is 2.88. The van der Waals surface area contributed by atoms with Gasteiger partial charge in [-0.25, -0.2) is 0 Å². The van der Waals surface area contributed by atoms with Gasteiger partial charge in [0.1, 0.15) is 0 Å². The zero-order chi connectivity index (χ0) is 17.0. The molecule has 2 nitrogen and oxygen atoms in total. The molecule has 0 aromatic rings. The molecule has 0 saturated heterocycles. The molecule has 0 saturated carbocycles. The van der Waals surface area contributed by atoms with Crippen molar-refractivity contribution < 1.29 is 9.53 Å². The van der Waals surface area contributed by atoms with Gasteiger partial charge in [0, 0.05) is 0 Å². The van der Waals surface area contributed by atoms with Crippen molar-refractivity contribution in [2.75, 3.05) is 12.4 Å². The first-order valence-electron chi connectivity index (χ1n) is 10.1. The van der Waals surface area contributed by atoms with E-state index in [1.165, 1.54) is 96.3 Å². The summed E-state index contributed by atoms with van der Waals surface area (Å²) < 4.78 is 4.99. The van der Waals surface area contributed by atoms with E-state index in [4.69, 9.17) is 4.74 Å². The van der Waals surface area contributed by atoms with Crippen LogP contribution in [0.2, 0.25) is 0 Å². The van der Waals surface area contributed by atoms with E-state index >= 15 is 0 Å². The van der Waals surface area contributed by atoms with Crippen LogP contribution < -0.4 is 0 Å². The summed E-state index contributed by atoms with van der Waals surface area (Å²) in [5.74, 6) is -0.00642. The Bertz CT molecular complexity index is 250. The van der Waals surface area contributed by atoms with Crippen molar-refractivity contribution in [2.24, 2.45) is 0 Å². The molecule has 0 amide bonds. The third-order valence-corrected chi connectivity index (χ3v) is 4.65. The third kappa shape index (κ3) is 22.8. The molecule has 0 N–H and O–H groups in total. The van der Waals surface area contributed by atoms with Gasteiger partial charge in [0.15, 0.2) is 0 Å². The molecular weight excluding hydrogens is 327 g/mol. The molecule has 0 fully saturated rings. The van der Waals surface area contributed by atoms with Gasteiger partial charge in [-0.05, 0) is 6.42 Å². The average molecular weight is 369 g/mol. The Hall–Kier alpha value is 0.820. The summed E-state index contributed by atoms with van der Waals surface area (Å²) in [6, 6.07) is 0. The van der Waals surface area contributed by atoms with Crippen molar-refractivity contribution in [1.82, 2.24) is 0 Å². The van der Waals surface area contributed by atoms with Gasteiger partial charge in [-0.1, -0.05) is 103 Å². The van der Waals surface area contributed by atoms with Crippen LogP contribution in [-0.4, -0.2) is 47.9 Å². The molecule has 0 aliphatic rings. The van der Waals surface area contributed by atoms with Crippen LogP contribution in [0.25, 0.3) is 0 Å². The molecular formula is C20H41NaO2S. The summed E-state index contributed by atoms with van der Waals surface area (Å²) in [6.07, 6.45) is 21.8. The van der Waals surface area contributed by atoms with E-state index in [1.54, 1.807) is 0 Å². The first-order valence-corrected chi connectivity index (χ1v) is 10.7. The molecule has 140 valence electrons. The van der Waals surface area contributed by atoms with Crippen LogP contribution >= 0.6 is 12.6 Å². The van der Waals surface area contributed by atoms with E-state index in [9.17, 15) is 4.79 Å². The normalized spacial score (nSPS) is 10.4. The number of ether oxygens (including phenoxy) is 1. The summed E-state index contributed by atoms with van der Waals surface area (Å²) in [4.78, 5) is 10.9. The van der Waals surface area contributed by atoms with Crippen molar-refractivity contribution in [3.63, 3.8) is 0 Å². The Morgan fingerprint density at radius 1 is 0.667 bits per heavy atom. The van der Waals surface area contributed by atoms with E-state index in [2.05, 4.69) is 19.6 Å². The standard InChI is InChI=1S/C20H40O2S.Na.H/c1-2-3-4-5-6-7-8-9-10-11-12-13-14-15-16-17-18-22-20(21)19-23;;/h23H,2-19H2,1H3;;. The Labute approximate surface area is 179 Å². The number of thiol groups is 1. The van der Waals surface area contributed by atoms with Crippen molar-refractivity contribution >= 4 is 48.2 Å². The van der Waals surface area contributed by atoms with Gasteiger partial charge in [-0.2, -0.15) is 12.6 Å². The van der Waals surface area contributed by atoms with Crippen molar-refractivity contribution in [1.29, 1.82) is 0 Å². The Balaban J connectivity index is 0. The minimum absolute atomic E-state index is 0. The Kier molecular flexibility index (Phi) is 26.8. The van der Waals surface area contributed by atoms with E-state index < -0.39 is 0 Å². The van der Waals surface area contributed by atoms with E-state index in [-0.39, 0.29) is 41.3 Å². The zero-order valence-corrected chi connectivity index (χ0v) is 16.4. The molecule has 0 aliphatic heterocycles. The number of carbonyl (C=O) groups excluding carboxylic acids is 1. The van der Waals surface area contributed by atoms with Crippen LogP contribution in [0.15, 0.2) is 0 Å². The van der Waals surface area contributed by atoms with Crippen LogP contribution in [0, 0.1) is 0 Å². The second-order valence-corrected chi connectivity index (χ2v) is 7.00. The van der Waals surface area contributed by atoms with Crippen LogP contribution in [0.1, 0.15) is 110 Å². The molecule has 0 rings (SSSR count). The van der Waals surface area contributed by atoms with Crippen molar-refractivity contribution in [3.05, 3.63) is 0 Å². The molecule has 0 bridgehead atoms. The molecule has 0 spiro atoms. The number of rotatable bonds is 18. The zero-order valence-electron chi connectivity index (χ0n) is 15.5. The maximum atomic E-state index is 10.9. The predicted octanol–water partition coefficient (Wildman–Crippen LogP) is 6.07. The van der Waals surface area contributed by atoms with Gasteiger partial charge in [-0.15, -0.1) is 0 Å². The average Bonchev–Trinajstić information content (AvgIpc) is 2.57. The third-order valence-electron chi connectivity index (χ3n) is 4.39. The van der Waals surface area contributed by atoms with Gasteiger partial charge in [0.05, 0.1) is 12.4 Å². The summed E-state index contributed by atoms with van der Waals surface area (Å²) in [6.45, 7) is 2.85. The van der Waals surface area contributed by atoms with Gasteiger partial charge in [0.25, 0.3) is 0 Å². The van der Waals surface area contributed by atoms with E-state index in [0.29, 0.717) is 6.61 Å². The second kappa shape index (κ2) is 23.8. The number of hydrogen-bond donors (Lipinski definition) is 1. The summed E-state index contributed by atoms with van der Waals surface area (Å²) >= 11 is 3.88. The van der Waals surface area contributed by atoms with Gasteiger partial charge in [0.2, 0.25) is 0 Å². The predicted molar refractivity (Wildman–Crippen MR) is 112 cm³/mol. The molecule has 0 radical (unpaired) electrons. The Morgan fingerprint density at radius 2 is 1.00 bits per heavy atom. The van der Waals surface area contributed by atoms with E-state index in [0.717, 1.165) is 6.42 Å². The summed E-state index contributed by atoms with van der Waals surface area (Å²) in [5, 5.41) is 0. The number of carbonyl (C=O) groups is 1. The first-order chi connectivity index (χ1) is 11.3. The minimum atomic E-state index is -0.200. The topological polar surface area (TPSA) is 26.3 Å². The van der Waals surface area contributed by atoms with E-state index in [1.807, 2.05) is 0 Å². The summed E-state index contributed by atoms with van der Waals surface area (Å²) in [5.41, 5.74) is 0. The molecule has 0 heterocycles. The quantitative estimate of drug-likeness (QED) is 0.137. The number of hydrogen-bond acceptors (Lipinski definition) is 3. The second-order valence-electron chi connectivity index (χ2n) is 6.68. The van der Waals surface area contributed by atoms with Crippen LogP contribution in [0.4, 0.5) is 0 Å². The van der Waals surface area contributed by atoms with Gasteiger partial charge >= 0.3 is 35.5 Å². The molecule has 0 unspecified atom stereocenters. The summed E-state index contributed by atoms with van der Waals surface area (Å²) in [7, 11) is 0. The van der Waals surface area contributed by atoms with Crippen LogP contribution in [0.3, 0.4) is 0 Å².